The summed E-state index contributed by atoms with van der Waals surface area (Å²) in [5.74, 6) is 0.484. The second kappa shape index (κ2) is 11.7. The van der Waals surface area contributed by atoms with E-state index in [-0.39, 0.29) is 19.2 Å². The first-order valence-corrected chi connectivity index (χ1v) is 8.80. The average molecular weight is 362 g/mol. The van der Waals surface area contributed by atoms with Gasteiger partial charge in [0.2, 0.25) is 0 Å². The summed E-state index contributed by atoms with van der Waals surface area (Å²) in [6.07, 6.45) is 1.93. The highest BCUT2D eigenvalue weighted by Crippen LogP contribution is 2.10. The van der Waals surface area contributed by atoms with Crippen molar-refractivity contribution in [1.82, 2.24) is 5.32 Å². The van der Waals surface area contributed by atoms with Gasteiger partial charge in [0, 0.05) is 23.7 Å². The third-order valence-electron chi connectivity index (χ3n) is 2.71. The molecule has 0 radical (unpaired) electrons. The molecule has 0 heterocycles. The van der Waals surface area contributed by atoms with Crippen molar-refractivity contribution in [2.75, 3.05) is 25.5 Å². The number of aliphatic hydroxyl groups excluding tert-OH is 1. The van der Waals surface area contributed by atoms with Crippen molar-refractivity contribution < 1.29 is 14.6 Å². The van der Waals surface area contributed by atoms with Crippen LogP contribution in [-0.2, 0) is 16.0 Å². The van der Waals surface area contributed by atoms with Gasteiger partial charge in [-0.1, -0.05) is 47.7 Å². The van der Waals surface area contributed by atoms with Crippen LogP contribution in [0.4, 0.5) is 0 Å². The van der Waals surface area contributed by atoms with E-state index >= 15 is 0 Å². The molecule has 0 aliphatic rings. The molecular weight excluding hydrogens is 342 g/mol. The monoisotopic (exact) mass is 361 g/mol. The van der Waals surface area contributed by atoms with E-state index in [1.165, 1.54) is 17.3 Å². The summed E-state index contributed by atoms with van der Waals surface area (Å²) >= 11 is 12.6. The Morgan fingerprint density at radius 3 is 2.77 bits per heavy atom. The molecule has 0 spiro atoms. The van der Waals surface area contributed by atoms with Crippen LogP contribution >= 0.6 is 35.6 Å². The van der Waals surface area contributed by atoms with E-state index in [9.17, 15) is 4.79 Å². The first kappa shape index (κ1) is 19.2. The van der Waals surface area contributed by atoms with E-state index in [1.807, 2.05) is 24.3 Å². The maximum absolute atomic E-state index is 11.2. The Labute approximate surface area is 145 Å². The van der Waals surface area contributed by atoms with Gasteiger partial charge in [-0.25, -0.2) is 0 Å². The summed E-state index contributed by atoms with van der Waals surface area (Å²) in [6, 6.07) is 7.75. The van der Waals surface area contributed by atoms with Gasteiger partial charge in [-0.05, 0) is 30.5 Å². The van der Waals surface area contributed by atoms with E-state index in [2.05, 4.69) is 5.32 Å². The van der Waals surface area contributed by atoms with Gasteiger partial charge in [0.05, 0.1) is 6.61 Å². The van der Waals surface area contributed by atoms with Crippen molar-refractivity contribution in [3.8, 4) is 0 Å². The van der Waals surface area contributed by atoms with Gasteiger partial charge in [0.25, 0.3) is 0 Å². The number of ether oxygens (including phenoxy) is 1. The molecule has 0 amide bonds. The Hall–Kier alpha value is -0.820. The van der Waals surface area contributed by atoms with E-state index in [0.29, 0.717) is 12.8 Å². The number of hydrogen-bond acceptors (Lipinski definition) is 5. The Balaban J connectivity index is 2.04. The summed E-state index contributed by atoms with van der Waals surface area (Å²) in [7, 11) is 0. The summed E-state index contributed by atoms with van der Waals surface area (Å²) in [5.41, 5.74) is 1.20. The Kier molecular flexibility index (Phi) is 10.2. The van der Waals surface area contributed by atoms with E-state index in [4.69, 9.17) is 33.7 Å². The quantitative estimate of drug-likeness (QED) is 0.400. The summed E-state index contributed by atoms with van der Waals surface area (Å²) < 4.78 is 5.50. The number of aliphatic hydroxyl groups is 1. The lowest BCUT2D eigenvalue weighted by Crippen LogP contribution is -2.21. The average Bonchev–Trinajstić information content (AvgIpc) is 2.51. The van der Waals surface area contributed by atoms with Crippen LogP contribution in [0.5, 0.6) is 0 Å². The van der Waals surface area contributed by atoms with Gasteiger partial charge in [0.15, 0.2) is 0 Å². The van der Waals surface area contributed by atoms with Gasteiger partial charge < -0.3 is 15.2 Å². The van der Waals surface area contributed by atoms with Crippen LogP contribution in [0, 0.1) is 0 Å². The van der Waals surface area contributed by atoms with Gasteiger partial charge in [-0.3, -0.25) is 4.79 Å². The minimum atomic E-state index is -0.281. The lowest BCUT2D eigenvalue weighted by atomic mass is 10.1. The van der Waals surface area contributed by atoms with Crippen LogP contribution in [0.1, 0.15) is 18.4 Å². The zero-order valence-electron chi connectivity index (χ0n) is 12.2. The van der Waals surface area contributed by atoms with Crippen LogP contribution in [0.2, 0.25) is 5.02 Å². The van der Waals surface area contributed by atoms with Crippen LogP contribution in [-0.4, -0.2) is 40.9 Å². The molecule has 0 saturated carbocycles. The Bertz CT molecular complexity index is 468. The molecule has 1 aromatic rings. The molecule has 0 atom stereocenters. The molecule has 1 rings (SSSR count). The van der Waals surface area contributed by atoms with E-state index in [1.54, 1.807) is 0 Å². The number of thioether (sulfide) groups is 1. The number of thiocarbonyl (C=S) groups is 1. The van der Waals surface area contributed by atoms with Crippen LogP contribution in [0.15, 0.2) is 24.3 Å². The zero-order chi connectivity index (χ0) is 16.2. The third kappa shape index (κ3) is 9.25. The third-order valence-corrected chi connectivity index (χ3v) is 4.36. The highest BCUT2D eigenvalue weighted by molar-refractivity contribution is 8.22. The van der Waals surface area contributed by atoms with Crippen molar-refractivity contribution in [2.24, 2.45) is 0 Å². The van der Waals surface area contributed by atoms with Crippen molar-refractivity contribution in [2.45, 2.75) is 19.3 Å². The number of hydrogen-bond donors (Lipinski definition) is 2. The van der Waals surface area contributed by atoms with Gasteiger partial charge in [-0.2, -0.15) is 0 Å². The van der Waals surface area contributed by atoms with Crippen molar-refractivity contribution in [3.05, 3.63) is 34.9 Å². The molecule has 0 fully saturated rings. The highest BCUT2D eigenvalue weighted by atomic mass is 35.5. The summed E-state index contributed by atoms with van der Waals surface area (Å²) in [6.45, 7) is 0.699. The van der Waals surface area contributed by atoms with Gasteiger partial charge >= 0.3 is 5.97 Å². The molecule has 7 heteroatoms. The molecule has 4 nitrogen and oxygen atoms in total. The largest absolute Gasteiger partial charge is 0.463 e. The Morgan fingerprint density at radius 1 is 1.36 bits per heavy atom. The minimum absolute atomic E-state index is 0.0661. The first-order valence-electron chi connectivity index (χ1n) is 7.03. The molecule has 122 valence electrons. The lowest BCUT2D eigenvalue weighted by Gasteiger charge is -2.07. The molecule has 0 aliphatic heterocycles. The number of rotatable bonds is 9. The van der Waals surface area contributed by atoms with Crippen molar-refractivity contribution in [3.63, 3.8) is 0 Å². The zero-order valence-corrected chi connectivity index (χ0v) is 14.6. The summed E-state index contributed by atoms with van der Waals surface area (Å²) in [4.78, 5) is 11.2. The smallest absolute Gasteiger partial charge is 0.305 e. The molecule has 1 aromatic carbocycles. The fraction of sp³-hybridized carbons (Fsp3) is 0.467. The van der Waals surface area contributed by atoms with Crippen molar-refractivity contribution >= 4 is 45.9 Å². The highest BCUT2D eigenvalue weighted by Gasteiger charge is 2.03. The molecule has 0 aliphatic carbocycles. The molecule has 0 saturated heterocycles. The number of carbonyl (C=O) groups excluding carboxylic acids is 1. The predicted molar refractivity (Wildman–Crippen MR) is 95.5 cm³/mol. The lowest BCUT2D eigenvalue weighted by molar-refractivity contribution is -0.144. The molecule has 0 unspecified atom stereocenters. The predicted octanol–water partition coefficient (Wildman–Crippen LogP) is 2.81. The standard InChI is InChI=1S/C15H20ClNO3S2/c16-13-5-3-12(4-6-13)7-8-17-15(21)22-11-1-2-14(19)20-10-9-18/h3-6,18H,1-2,7-11H2,(H,17,21). The van der Waals surface area contributed by atoms with Gasteiger partial charge in [0.1, 0.15) is 10.9 Å². The molecule has 0 bridgehead atoms. The fourth-order valence-electron chi connectivity index (χ4n) is 1.62. The molecule has 2 N–H and O–H groups in total. The summed E-state index contributed by atoms with van der Waals surface area (Å²) in [5, 5.41) is 12.4. The van der Waals surface area contributed by atoms with E-state index in [0.717, 1.165) is 28.1 Å². The molecule has 22 heavy (non-hydrogen) atoms. The van der Waals surface area contributed by atoms with Gasteiger partial charge in [-0.15, -0.1) is 0 Å². The number of halogens is 1. The second-order valence-electron chi connectivity index (χ2n) is 4.49. The molecular formula is C15H20ClNO3S2. The minimum Gasteiger partial charge on any atom is -0.463 e. The first-order chi connectivity index (χ1) is 10.6. The maximum atomic E-state index is 11.2. The number of benzene rings is 1. The maximum Gasteiger partial charge on any atom is 0.305 e. The normalized spacial score (nSPS) is 10.3. The number of esters is 1. The SMILES string of the molecule is O=C(CCCSC(=S)NCCc1ccc(Cl)cc1)OCCO. The number of carbonyl (C=O) groups is 1. The Morgan fingerprint density at radius 2 is 2.09 bits per heavy atom. The van der Waals surface area contributed by atoms with Crippen molar-refractivity contribution in [1.29, 1.82) is 0 Å². The van der Waals surface area contributed by atoms with E-state index < -0.39 is 0 Å². The van der Waals surface area contributed by atoms with Crippen LogP contribution in [0.25, 0.3) is 0 Å². The number of nitrogens with one attached hydrogen (secondary N) is 1. The second-order valence-corrected chi connectivity index (χ2v) is 6.70. The van der Waals surface area contributed by atoms with Crippen LogP contribution < -0.4 is 5.32 Å². The molecule has 0 aromatic heterocycles. The van der Waals surface area contributed by atoms with Crippen LogP contribution in [0.3, 0.4) is 0 Å². The fourth-order valence-corrected chi connectivity index (χ4v) is 2.78. The topological polar surface area (TPSA) is 58.6 Å².